The minimum absolute atomic E-state index is 0.0505. The molecular weight excluding hydrogens is 364 g/mol. The quantitative estimate of drug-likeness (QED) is 0.631. The summed E-state index contributed by atoms with van der Waals surface area (Å²) in [6.07, 6.45) is 4.21. The molecule has 1 unspecified atom stereocenters. The van der Waals surface area contributed by atoms with Crippen LogP contribution in [0.2, 0.25) is 0 Å². The van der Waals surface area contributed by atoms with Gasteiger partial charge in [0, 0.05) is 41.6 Å². The smallest absolute Gasteiger partial charge is 0.256 e. The van der Waals surface area contributed by atoms with Crippen LogP contribution in [0.15, 0.2) is 54.6 Å². The average Bonchev–Trinajstić information content (AvgIpc) is 3.18. The zero-order valence-electron chi connectivity index (χ0n) is 16.3. The van der Waals surface area contributed by atoms with Crippen LogP contribution in [0.5, 0.6) is 0 Å². The van der Waals surface area contributed by atoms with Gasteiger partial charge in [0.05, 0.1) is 5.52 Å². The number of aliphatic hydroxyl groups is 1. The third-order valence-corrected chi connectivity index (χ3v) is 6.27. The molecule has 3 heterocycles. The Morgan fingerprint density at radius 2 is 1.66 bits per heavy atom. The number of fused-ring (bicyclic) bond motifs is 6. The molecule has 5 rings (SSSR count). The molecule has 29 heavy (non-hydrogen) atoms. The number of rotatable bonds is 0. The minimum Gasteiger partial charge on any atom is -0.366 e. The highest BCUT2D eigenvalue weighted by molar-refractivity contribution is 6.00. The highest BCUT2D eigenvalue weighted by Gasteiger charge is 2.48. The number of amides is 1. The lowest BCUT2D eigenvalue weighted by Gasteiger charge is -2.35. The van der Waals surface area contributed by atoms with E-state index < -0.39 is 5.72 Å². The number of para-hydroxylation sites is 1. The van der Waals surface area contributed by atoms with Crippen LogP contribution in [-0.2, 0) is 12.1 Å². The molecule has 0 spiro atoms. The van der Waals surface area contributed by atoms with Crippen molar-refractivity contribution in [3.8, 4) is 0 Å². The standard InChI is InChI=1S/C24H24N2O3/c27-22-13-3-1-2-8-14-25-23(28)19-10-5-6-11-20(19)24(25,29)16-18-15-17-9-4-7-12-21(17)26(18)22/h4-7,9-12,15,29H,1-3,8,13-14,16H2. The van der Waals surface area contributed by atoms with Crippen LogP contribution >= 0.6 is 0 Å². The first-order chi connectivity index (χ1) is 14.1. The van der Waals surface area contributed by atoms with Crippen LogP contribution in [0.25, 0.3) is 10.9 Å². The minimum atomic E-state index is -1.45. The van der Waals surface area contributed by atoms with Crippen molar-refractivity contribution in [3.63, 3.8) is 0 Å². The first kappa shape index (κ1) is 18.1. The second kappa shape index (κ2) is 6.85. The Balaban J connectivity index is 1.70. The van der Waals surface area contributed by atoms with Crippen LogP contribution in [0, 0.1) is 0 Å². The lowest BCUT2D eigenvalue weighted by molar-refractivity contribution is -0.0849. The zero-order chi connectivity index (χ0) is 20.0. The monoisotopic (exact) mass is 388 g/mol. The van der Waals surface area contributed by atoms with Gasteiger partial charge < -0.3 is 10.0 Å². The summed E-state index contributed by atoms with van der Waals surface area (Å²) in [5.41, 5.74) is 1.34. The molecule has 0 fully saturated rings. The third kappa shape index (κ3) is 2.80. The first-order valence-corrected chi connectivity index (χ1v) is 10.4. The fraction of sp³-hybridized carbons (Fsp3) is 0.333. The van der Waals surface area contributed by atoms with Crippen molar-refractivity contribution in [2.45, 2.75) is 44.2 Å². The number of benzene rings is 2. The van der Waals surface area contributed by atoms with Crippen molar-refractivity contribution >= 4 is 22.7 Å². The van der Waals surface area contributed by atoms with Crippen LogP contribution in [0.3, 0.4) is 0 Å². The van der Waals surface area contributed by atoms with Crippen molar-refractivity contribution in [1.29, 1.82) is 0 Å². The van der Waals surface area contributed by atoms with Gasteiger partial charge in [-0.25, -0.2) is 0 Å². The summed E-state index contributed by atoms with van der Waals surface area (Å²) in [7, 11) is 0. The molecule has 0 saturated carbocycles. The van der Waals surface area contributed by atoms with Crippen molar-refractivity contribution in [3.05, 3.63) is 71.4 Å². The van der Waals surface area contributed by atoms with Gasteiger partial charge >= 0.3 is 0 Å². The lowest BCUT2D eigenvalue weighted by Crippen LogP contribution is -2.46. The Kier molecular flexibility index (Phi) is 4.28. The number of hydrogen-bond acceptors (Lipinski definition) is 3. The van der Waals surface area contributed by atoms with E-state index in [1.54, 1.807) is 15.5 Å². The molecule has 148 valence electrons. The summed E-state index contributed by atoms with van der Waals surface area (Å²) in [5, 5.41) is 12.8. The van der Waals surface area contributed by atoms with E-state index in [9.17, 15) is 14.7 Å². The van der Waals surface area contributed by atoms with E-state index in [2.05, 4.69) is 0 Å². The van der Waals surface area contributed by atoms with Crippen LogP contribution in [0.1, 0.15) is 58.5 Å². The van der Waals surface area contributed by atoms with E-state index >= 15 is 0 Å². The normalized spacial score (nSPS) is 22.6. The number of aromatic nitrogens is 1. The van der Waals surface area contributed by atoms with Crippen LogP contribution < -0.4 is 0 Å². The third-order valence-electron chi connectivity index (χ3n) is 6.27. The molecule has 0 radical (unpaired) electrons. The van der Waals surface area contributed by atoms with Gasteiger partial charge in [0.2, 0.25) is 5.91 Å². The number of carbonyl (C=O) groups excluding carboxylic acids is 2. The van der Waals surface area contributed by atoms with Crippen LogP contribution in [-0.4, -0.2) is 32.9 Å². The van der Waals surface area contributed by atoms with Crippen LogP contribution in [0.4, 0.5) is 0 Å². The van der Waals surface area contributed by atoms with Crippen molar-refractivity contribution in [1.82, 2.24) is 9.47 Å². The lowest BCUT2D eigenvalue weighted by atomic mass is 9.96. The Hall–Kier alpha value is -2.92. The van der Waals surface area contributed by atoms with E-state index in [-0.39, 0.29) is 18.2 Å². The van der Waals surface area contributed by atoms with Gasteiger partial charge in [0.15, 0.2) is 5.72 Å². The molecule has 2 aromatic carbocycles. The molecule has 1 aromatic heterocycles. The second-order valence-corrected chi connectivity index (χ2v) is 8.08. The average molecular weight is 388 g/mol. The number of nitrogens with zero attached hydrogens (tertiary/aromatic N) is 2. The van der Waals surface area contributed by atoms with Gasteiger partial charge in [0.1, 0.15) is 0 Å². The molecule has 0 aliphatic carbocycles. The summed E-state index contributed by atoms with van der Waals surface area (Å²) in [4.78, 5) is 27.8. The molecular formula is C24H24N2O3. The van der Waals surface area contributed by atoms with Gasteiger partial charge in [-0.1, -0.05) is 49.2 Å². The Bertz CT molecular complexity index is 1120. The molecule has 0 bridgehead atoms. The van der Waals surface area contributed by atoms with E-state index in [0.717, 1.165) is 42.3 Å². The molecule has 2 aliphatic rings. The predicted octanol–water partition coefficient (Wildman–Crippen LogP) is 4.09. The van der Waals surface area contributed by atoms with E-state index in [4.69, 9.17) is 0 Å². The number of hydrogen-bond donors (Lipinski definition) is 1. The highest BCUT2D eigenvalue weighted by atomic mass is 16.3. The van der Waals surface area contributed by atoms with Crippen molar-refractivity contribution < 1.29 is 14.7 Å². The topological polar surface area (TPSA) is 62.5 Å². The molecule has 5 nitrogen and oxygen atoms in total. The highest BCUT2D eigenvalue weighted by Crippen LogP contribution is 2.41. The summed E-state index contributed by atoms with van der Waals surface area (Å²) in [5.74, 6) is -0.0799. The summed E-state index contributed by atoms with van der Waals surface area (Å²) in [6, 6.07) is 17.1. The molecule has 3 aromatic rings. The second-order valence-electron chi connectivity index (χ2n) is 8.08. The predicted molar refractivity (Wildman–Crippen MR) is 111 cm³/mol. The molecule has 5 heteroatoms. The zero-order valence-corrected chi connectivity index (χ0v) is 16.3. The summed E-state index contributed by atoms with van der Waals surface area (Å²) in [6.45, 7) is 0.512. The van der Waals surface area contributed by atoms with Gasteiger partial charge in [0.25, 0.3) is 5.91 Å². The summed E-state index contributed by atoms with van der Waals surface area (Å²) < 4.78 is 1.75. The SMILES string of the molecule is O=C1c2ccccc2C2(O)Cc3cc4ccccc4n3C(=O)CCCCCCN12. The molecule has 1 atom stereocenters. The number of carbonyl (C=O) groups is 2. The van der Waals surface area contributed by atoms with Gasteiger partial charge in [-0.3, -0.25) is 14.2 Å². The fourth-order valence-electron chi connectivity index (χ4n) is 4.86. The van der Waals surface area contributed by atoms with Crippen molar-refractivity contribution in [2.24, 2.45) is 0 Å². The molecule has 1 amide bonds. The molecule has 0 saturated heterocycles. The Labute approximate surface area is 169 Å². The van der Waals surface area contributed by atoms with Crippen molar-refractivity contribution in [2.75, 3.05) is 6.54 Å². The van der Waals surface area contributed by atoms with Gasteiger partial charge in [-0.05, 0) is 31.0 Å². The Morgan fingerprint density at radius 3 is 2.55 bits per heavy atom. The maximum atomic E-state index is 13.1. The molecule has 2 aliphatic heterocycles. The molecule has 1 N–H and O–H groups in total. The van der Waals surface area contributed by atoms with E-state index in [0.29, 0.717) is 24.1 Å². The fourth-order valence-corrected chi connectivity index (χ4v) is 4.86. The van der Waals surface area contributed by atoms with E-state index in [1.807, 2.05) is 48.5 Å². The Morgan fingerprint density at radius 1 is 0.897 bits per heavy atom. The first-order valence-electron chi connectivity index (χ1n) is 10.4. The summed E-state index contributed by atoms with van der Waals surface area (Å²) >= 11 is 0. The van der Waals surface area contributed by atoms with Gasteiger partial charge in [-0.15, -0.1) is 0 Å². The maximum Gasteiger partial charge on any atom is 0.256 e. The maximum absolute atomic E-state index is 13.1. The largest absolute Gasteiger partial charge is 0.366 e. The van der Waals surface area contributed by atoms with Gasteiger partial charge in [-0.2, -0.15) is 0 Å². The van der Waals surface area contributed by atoms with E-state index in [1.165, 1.54) is 0 Å².